The summed E-state index contributed by atoms with van der Waals surface area (Å²) in [6.07, 6.45) is 7.37. The second-order valence-corrected chi connectivity index (χ2v) is 7.65. The Labute approximate surface area is 105 Å². The van der Waals surface area contributed by atoms with Gasteiger partial charge in [-0.3, -0.25) is 4.79 Å². The molecule has 0 heterocycles. The van der Waals surface area contributed by atoms with E-state index in [-0.39, 0.29) is 5.41 Å². The highest BCUT2D eigenvalue weighted by molar-refractivity contribution is 5.77. The molecular formula is C16H24O. The first-order valence-electron chi connectivity index (χ1n) is 7.04. The monoisotopic (exact) mass is 232 g/mol. The van der Waals surface area contributed by atoms with Crippen LogP contribution < -0.4 is 0 Å². The van der Waals surface area contributed by atoms with Gasteiger partial charge in [-0.05, 0) is 59.8 Å². The summed E-state index contributed by atoms with van der Waals surface area (Å²) in [5, 5.41) is 0. The Morgan fingerprint density at radius 1 is 1.18 bits per heavy atom. The SMILES string of the molecule is CC1(C)C2=C(C=O)CCC(C)(C)C23CC[C@H]1C3. The van der Waals surface area contributed by atoms with Gasteiger partial charge >= 0.3 is 0 Å². The molecule has 0 aliphatic heterocycles. The standard InChI is InChI=1S/C16H24O/c1-14(2)7-5-11(10-17)13-15(3,4)12-6-8-16(13,14)9-12/h10,12H,5-9H2,1-4H3/t12-,16?/m0/s1. The van der Waals surface area contributed by atoms with Crippen molar-refractivity contribution >= 4 is 6.29 Å². The van der Waals surface area contributed by atoms with E-state index in [9.17, 15) is 4.79 Å². The van der Waals surface area contributed by atoms with E-state index in [1.54, 1.807) is 5.57 Å². The van der Waals surface area contributed by atoms with E-state index in [4.69, 9.17) is 0 Å². The third-order valence-electron chi connectivity index (χ3n) is 6.44. The predicted molar refractivity (Wildman–Crippen MR) is 69.7 cm³/mol. The zero-order chi connectivity index (χ0) is 12.5. The number of carbonyl (C=O) groups is 1. The molecule has 2 saturated carbocycles. The molecule has 94 valence electrons. The van der Waals surface area contributed by atoms with Crippen molar-refractivity contribution in [1.82, 2.24) is 0 Å². The van der Waals surface area contributed by atoms with E-state index in [2.05, 4.69) is 27.7 Å². The van der Waals surface area contributed by atoms with Crippen LogP contribution in [0, 0.1) is 22.2 Å². The van der Waals surface area contributed by atoms with Crippen LogP contribution in [0.25, 0.3) is 0 Å². The number of carbonyl (C=O) groups excluding carboxylic acids is 1. The molecule has 0 saturated heterocycles. The third kappa shape index (κ3) is 1.14. The molecule has 3 rings (SSSR count). The molecule has 2 bridgehead atoms. The molecule has 3 aliphatic carbocycles. The number of aldehydes is 1. The Morgan fingerprint density at radius 2 is 1.88 bits per heavy atom. The average Bonchev–Trinajstić information content (AvgIpc) is 2.76. The molecule has 0 aromatic heterocycles. The minimum Gasteiger partial charge on any atom is -0.298 e. The third-order valence-corrected chi connectivity index (χ3v) is 6.44. The fraction of sp³-hybridized carbons (Fsp3) is 0.812. The predicted octanol–water partition coefficient (Wildman–Crippen LogP) is 4.13. The summed E-state index contributed by atoms with van der Waals surface area (Å²) in [4.78, 5) is 11.4. The zero-order valence-corrected chi connectivity index (χ0v) is 11.6. The van der Waals surface area contributed by atoms with Crippen molar-refractivity contribution in [2.75, 3.05) is 0 Å². The van der Waals surface area contributed by atoms with E-state index in [1.165, 1.54) is 25.7 Å². The van der Waals surface area contributed by atoms with Gasteiger partial charge in [0.15, 0.2) is 0 Å². The Bertz CT molecular complexity index is 413. The molecular weight excluding hydrogens is 208 g/mol. The first-order chi connectivity index (χ1) is 7.85. The Kier molecular flexibility index (Phi) is 2.06. The number of fused-ring (bicyclic) bond motifs is 1. The summed E-state index contributed by atoms with van der Waals surface area (Å²) in [7, 11) is 0. The first kappa shape index (κ1) is 11.5. The lowest BCUT2D eigenvalue weighted by Crippen LogP contribution is -2.43. The highest BCUT2D eigenvalue weighted by Gasteiger charge is 2.65. The molecule has 2 fully saturated rings. The molecule has 0 radical (unpaired) electrons. The fourth-order valence-electron chi connectivity index (χ4n) is 5.31. The number of hydrogen-bond acceptors (Lipinski definition) is 1. The fourth-order valence-corrected chi connectivity index (χ4v) is 5.31. The van der Waals surface area contributed by atoms with Gasteiger partial charge in [0.1, 0.15) is 6.29 Å². The largest absolute Gasteiger partial charge is 0.298 e. The highest BCUT2D eigenvalue weighted by Crippen LogP contribution is 2.74. The van der Waals surface area contributed by atoms with E-state index in [1.807, 2.05) is 0 Å². The summed E-state index contributed by atoms with van der Waals surface area (Å²) in [5.74, 6) is 0.810. The van der Waals surface area contributed by atoms with Gasteiger partial charge in [0.05, 0.1) is 0 Å². The quantitative estimate of drug-likeness (QED) is 0.621. The minimum absolute atomic E-state index is 0.270. The summed E-state index contributed by atoms with van der Waals surface area (Å²) >= 11 is 0. The molecule has 1 unspecified atom stereocenters. The highest BCUT2D eigenvalue weighted by atomic mass is 16.1. The molecule has 3 aliphatic rings. The summed E-state index contributed by atoms with van der Waals surface area (Å²) < 4.78 is 0. The Morgan fingerprint density at radius 3 is 2.53 bits per heavy atom. The van der Waals surface area contributed by atoms with Gasteiger partial charge in [-0.25, -0.2) is 0 Å². The maximum Gasteiger partial charge on any atom is 0.146 e. The first-order valence-corrected chi connectivity index (χ1v) is 7.04. The molecule has 0 N–H and O–H groups in total. The second kappa shape index (κ2) is 3.05. The molecule has 17 heavy (non-hydrogen) atoms. The van der Waals surface area contributed by atoms with Crippen LogP contribution in [0.1, 0.15) is 59.8 Å². The van der Waals surface area contributed by atoms with Crippen LogP contribution in [-0.2, 0) is 4.79 Å². The van der Waals surface area contributed by atoms with E-state index < -0.39 is 0 Å². The summed E-state index contributed by atoms with van der Waals surface area (Å²) in [6.45, 7) is 9.61. The lowest BCUT2D eigenvalue weighted by molar-refractivity contribution is -0.105. The maximum absolute atomic E-state index is 11.4. The number of hydrogen-bond donors (Lipinski definition) is 0. The lowest BCUT2D eigenvalue weighted by Gasteiger charge is -2.52. The van der Waals surface area contributed by atoms with Gasteiger partial charge in [0.2, 0.25) is 0 Å². The maximum atomic E-state index is 11.4. The topological polar surface area (TPSA) is 17.1 Å². The van der Waals surface area contributed by atoms with E-state index in [0.29, 0.717) is 10.8 Å². The van der Waals surface area contributed by atoms with Crippen LogP contribution in [-0.4, -0.2) is 6.29 Å². The molecule has 2 atom stereocenters. The summed E-state index contributed by atoms with van der Waals surface area (Å²) in [5.41, 5.74) is 3.71. The van der Waals surface area contributed by atoms with Crippen molar-refractivity contribution < 1.29 is 4.79 Å². The zero-order valence-electron chi connectivity index (χ0n) is 11.6. The Balaban J connectivity index is 2.26. The molecule has 1 heteroatoms. The van der Waals surface area contributed by atoms with Crippen LogP contribution in [0.2, 0.25) is 0 Å². The lowest BCUT2D eigenvalue weighted by atomic mass is 9.52. The van der Waals surface area contributed by atoms with Crippen LogP contribution in [0.15, 0.2) is 11.1 Å². The molecule has 1 spiro atoms. The average molecular weight is 232 g/mol. The molecule has 1 nitrogen and oxygen atoms in total. The number of allylic oxidation sites excluding steroid dienone is 2. The van der Waals surface area contributed by atoms with Crippen molar-refractivity contribution in [3.05, 3.63) is 11.1 Å². The van der Waals surface area contributed by atoms with Crippen LogP contribution >= 0.6 is 0 Å². The van der Waals surface area contributed by atoms with Crippen molar-refractivity contribution in [3.63, 3.8) is 0 Å². The van der Waals surface area contributed by atoms with Crippen LogP contribution in [0.3, 0.4) is 0 Å². The summed E-state index contributed by atoms with van der Waals surface area (Å²) in [6, 6.07) is 0. The smallest absolute Gasteiger partial charge is 0.146 e. The van der Waals surface area contributed by atoms with Crippen LogP contribution in [0.4, 0.5) is 0 Å². The molecule has 0 amide bonds. The van der Waals surface area contributed by atoms with Gasteiger partial charge in [-0.2, -0.15) is 0 Å². The van der Waals surface area contributed by atoms with Gasteiger partial charge in [0.25, 0.3) is 0 Å². The van der Waals surface area contributed by atoms with E-state index in [0.717, 1.165) is 24.2 Å². The van der Waals surface area contributed by atoms with Gasteiger partial charge < -0.3 is 0 Å². The Hall–Kier alpha value is -0.590. The number of rotatable bonds is 1. The van der Waals surface area contributed by atoms with Crippen molar-refractivity contribution in [2.45, 2.75) is 59.8 Å². The second-order valence-electron chi connectivity index (χ2n) is 7.65. The normalized spacial score (nSPS) is 41.5. The molecule has 0 aromatic carbocycles. The van der Waals surface area contributed by atoms with Crippen molar-refractivity contribution in [1.29, 1.82) is 0 Å². The van der Waals surface area contributed by atoms with Crippen LogP contribution in [0.5, 0.6) is 0 Å². The molecule has 0 aromatic rings. The van der Waals surface area contributed by atoms with Crippen molar-refractivity contribution in [2.24, 2.45) is 22.2 Å². The van der Waals surface area contributed by atoms with Crippen molar-refractivity contribution in [3.8, 4) is 0 Å². The minimum atomic E-state index is 0.270. The van der Waals surface area contributed by atoms with Gasteiger partial charge in [0, 0.05) is 0 Å². The van der Waals surface area contributed by atoms with Gasteiger partial charge in [-0.1, -0.05) is 33.3 Å². The van der Waals surface area contributed by atoms with Gasteiger partial charge in [-0.15, -0.1) is 0 Å². The van der Waals surface area contributed by atoms with E-state index >= 15 is 0 Å².